The molecule has 4 heteroatoms. The van der Waals surface area contributed by atoms with Crippen molar-refractivity contribution in [2.45, 2.75) is 0 Å². The van der Waals surface area contributed by atoms with Crippen LogP contribution in [-0.2, 0) is 4.79 Å². The number of aliphatic hydroxyl groups excluding tert-OH is 2. The molecule has 0 aromatic rings. The van der Waals surface area contributed by atoms with Gasteiger partial charge in [0.25, 0.3) is 0 Å². The summed E-state index contributed by atoms with van der Waals surface area (Å²) in [6, 6.07) is 0. The normalized spacial score (nSPS) is 18.6. The second-order valence-electron chi connectivity index (χ2n) is 1.87. The van der Waals surface area contributed by atoms with Crippen molar-refractivity contribution < 1.29 is 15.0 Å². The van der Waals surface area contributed by atoms with E-state index in [1.54, 1.807) is 0 Å². The van der Waals surface area contributed by atoms with Crippen LogP contribution in [0, 0.1) is 0 Å². The summed E-state index contributed by atoms with van der Waals surface area (Å²) >= 11 is 0. The first kappa shape index (κ1) is 6.67. The minimum Gasteiger partial charge on any atom is -0.504 e. The summed E-state index contributed by atoms with van der Waals surface area (Å²) in [5.41, 5.74) is 0. The van der Waals surface area contributed by atoms with E-state index in [2.05, 4.69) is 5.32 Å². The van der Waals surface area contributed by atoms with Gasteiger partial charge in [-0.2, -0.15) is 0 Å². The van der Waals surface area contributed by atoms with Gasteiger partial charge in [0.05, 0.1) is 6.54 Å². The topological polar surface area (TPSA) is 69.6 Å². The summed E-state index contributed by atoms with van der Waals surface area (Å²) in [6.07, 6.45) is 2.62. The predicted molar refractivity (Wildman–Crippen MR) is 34.4 cm³/mol. The zero-order valence-corrected chi connectivity index (χ0v) is 5.16. The molecule has 54 valence electrons. The summed E-state index contributed by atoms with van der Waals surface area (Å²) in [7, 11) is 0. The molecular weight excluding hydrogens is 134 g/mol. The number of hydrogen-bond acceptors (Lipinski definition) is 4. The van der Waals surface area contributed by atoms with E-state index < -0.39 is 17.3 Å². The minimum absolute atomic E-state index is 0.0202. The maximum atomic E-state index is 10.7. The molecule has 1 aliphatic rings. The van der Waals surface area contributed by atoms with E-state index in [4.69, 9.17) is 10.2 Å². The highest BCUT2D eigenvalue weighted by Crippen LogP contribution is 2.02. The first-order valence-corrected chi connectivity index (χ1v) is 2.77. The standard InChI is InChI=1S/C6H7NO3/c8-4-1-2-7-3-5(9)6(4)10/h1-2,7-8,10H,3H2. The van der Waals surface area contributed by atoms with E-state index >= 15 is 0 Å². The molecular formula is C6H7NO3. The molecule has 0 atom stereocenters. The van der Waals surface area contributed by atoms with Gasteiger partial charge in [-0.25, -0.2) is 0 Å². The number of allylic oxidation sites excluding steroid dienone is 1. The Morgan fingerprint density at radius 2 is 2.20 bits per heavy atom. The van der Waals surface area contributed by atoms with Crippen LogP contribution in [0.1, 0.15) is 0 Å². The van der Waals surface area contributed by atoms with Crippen molar-refractivity contribution in [1.29, 1.82) is 0 Å². The fourth-order valence-electron chi connectivity index (χ4n) is 0.595. The number of ketones is 1. The van der Waals surface area contributed by atoms with E-state index in [1.165, 1.54) is 12.3 Å². The Balaban J connectivity index is 2.93. The third-order valence-corrected chi connectivity index (χ3v) is 1.13. The van der Waals surface area contributed by atoms with Gasteiger partial charge < -0.3 is 15.5 Å². The highest BCUT2D eigenvalue weighted by atomic mass is 16.3. The van der Waals surface area contributed by atoms with Gasteiger partial charge in [0.15, 0.2) is 5.76 Å². The van der Waals surface area contributed by atoms with Crippen LogP contribution < -0.4 is 5.32 Å². The molecule has 0 spiro atoms. The first-order chi connectivity index (χ1) is 4.72. The zero-order valence-electron chi connectivity index (χ0n) is 5.16. The van der Waals surface area contributed by atoms with E-state index in [1.807, 2.05) is 0 Å². The molecule has 0 saturated carbocycles. The van der Waals surface area contributed by atoms with Crippen molar-refractivity contribution >= 4 is 5.78 Å². The Morgan fingerprint density at radius 1 is 1.50 bits per heavy atom. The lowest BCUT2D eigenvalue weighted by Crippen LogP contribution is -2.17. The molecule has 10 heavy (non-hydrogen) atoms. The summed E-state index contributed by atoms with van der Waals surface area (Å²) in [5.74, 6) is -1.49. The molecule has 1 rings (SSSR count). The Morgan fingerprint density at radius 3 is 2.90 bits per heavy atom. The number of hydrogen-bond donors (Lipinski definition) is 3. The van der Waals surface area contributed by atoms with Gasteiger partial charge >= 0.3 is 0 Å². The Bertz CT molecular complexity index is 217. The van der Waals surface area contributed by atoms with Gasteiger partial charge in [-0.1, -0.05) is 0 Å². The smallest absolute Gasteiger partial charge is 0.219 e. The zero-order chi connectivity index (χ0) is 7.56. The summed E-state index contributed by atoms with van der Waals surface area (Å²) in [6.45, 7) is 0.0202. The molecule has 1 aliphatic heterocycles. The Kier molecular flexibility index (Phi) is 1.62. The van der Waals surface area contributed by atoms with Crippen LogP contribution in [0.25, 0.3) is 0 Å². The fourth-order valence-corrected chi connectivity index (χ4v) is 0.595. The molecule has 0 radical (unpaired) electrons. The second-order valence-corrected chi connectivity index (χ2v) is 1.87. The average molecular weight is 141 g/mol. The lowest BCUT2D eigenvalue weighted by molar-refractivity contribution is -0.117. The first-order valence-electron chi connectivity index (χ1n) is 2.77. The average Bonchev–Trinajstić information content (AvgIpc) is 2.04. The monoisotopic (exact) mass is 141 g/mol. The van der Waals surface area contributed by atoms with Gasteiger partial charge in [-0.15, -0.1) is 0 Å². The van der Waals surface area contributed by atoms with Crippen molar-refractivity contribution in [1.82, 2.24) is 5.32 Å². The molecule has 0 aliphatic carbocycles. The van der Waals surface area contributed by atoms with Crippen molar-refractivity contribution in [2.24, 2.45) is 0 Å². The van der Waals surface area contributed by atoms with E-state index in [0.717, 1.165) is 0 Å². The van der Waals surface area contributed by atoms with Crippen molar-refractivity contribution in [3.8, 4) is 0 Å². The molecule has 0 aromatic heterocycles. The van der Waals surface area contributed by atoms with Crippen LogP contribution in [0.3, 0.4) is 0 Å². The molecule has 0 bridgehead atoms. The van der Waals surface area contributed by atoms with Crippen molar-refractivity contribution in [3.63, 3.8) is 0 Å². The van der Waals surface area contributed by atoms with Crippen LogP contribution >= 0.6 is 0 Å². The molecule has 0 saturated heterocycles. The number of nitrogens with one attached hydrogen (secondary N) is 1. The highest BCUT2D eigenvalue weighted by Gasteiger charge is 2.12. The molecule has 0 amide bonds. The van der Waals surface area contributed by atoms with Crippen molar-refractivity contribution in [3.05, 3.63) is 23.8 Å². The maximum absolute atomic E-state index is 10.7. The number of Topliss-reactive ketones (excluding diaryl/α,β-unsaturated/α-hetero) is 1. The fraction of sp³-hybridized carbons (Fsp3) is 0.167. The minimum atomic E-state index is -0.582. The van der Waals surface area contributed by atoms with Crippen LogP contribution in [-0.4, -0.2) is 22.5 Å². The van der Waals surface area contributed by atoms with Crippen LogP contribution in [0.15, 0.2) is 23.8 Å². The van der Waals surface area contributed by atoms with Gasteiger partial charge in [0.2, 0.25) is 11.5 Å². The predicted octanol–water partition coefficient (Wildman–Crippen LogP) is 0.000000000000000333. The second kappa shape index (κ2) is 2.43. The third-order valence-electron chi connectivity index (χ3n) is 1.13. The lowest BCUT2D eigenvalue weighted by Gasteiger charge is -1.95. The van der Waals surface area contributed by atoms with Gasteiger partial charge in [-0.3, -0.25) is 4.79 Å². The van der Waals surface area contributed by atoms with Gasteiger partial charge in [-0.05, 0) is 6.08 Å². The molecule has 3 N–H and O–H groups in total. The summed E-state index contributed by atoms with van der Waals surface area (Å²) < 4.78 is 0. The third kappa shape index (κ3) is 1.10. The molecule has 0 unspecified atom stereocenters. The molecule has 4 nitrogen and oxygen atoms in total. The highest BCUT2D eigenvalue weighted by molar-refractivity contribution is 5.95. The number of carbonyl (C=O) groups excluding carboxylic acids is 1. The largest absolute Gasteiger partial charge is 0.504 e. The number of aliphatic hydroxyl groups is 2. The summed E-state index contributed by atoms with van der Waals surface area (Å²) in [4.78, 5) is 10.7. The quantitative estimate of drug-likeness (QED) is 0.444. The Labute approximate surface area is 57.5 Å². The summed E-state index contributed by atoms with van der Waals surface area (Å²) in [5, 5.41) is 20.2. The van der Waals surface area contributed by atoms with Crippen LogP contribution in [0.2, 0.25) is 0 Å². The molecule has 0 fully saturated rings. The van der Waals surface area contributed by atoms with E-state index in [-0.39, 0.29) is 6.54 Å². The van der Waals surface area contributed by atoms with Crippen molar-refractivity contribution in [2.75, 3.05) is 6.54 Å². The number of rotatable bonds is 0. The SMILES string of the molecule is O=C1CNC=CC(O)=C1O. The lowest BCUT2D eigenvalue weighted by atomic mass is 10.3. The Hall–Kier alpha value is -1.45. The molecule has 1 heterocycles. The van der Waals surface area contributed by atoms with E-state index in [9.17, 15) is 4.79 Å². The number of carbonyl (C=O) groups is 1. The molecule has 0 aromatic carbocycles. The van der Waals surface area contributed by atoms with Gasteiger partial charge in [0, 0.05) is 6.20 Å². The maximum Gasteiger partial charge on any atom is 0.219 e. The van der Waals surface area contributed by atoms with Crippen LogP contribution in [0.4, 0.5) is 0 Å². The van der Waals surface area contributed by atoms with E-state index in [0.29, 0.717) is 0 Å². The van der Waals surface area contributed by atoms with Gasteiger partial charge in [0.1, 0.15) is 0 Å². The van der Waals surface area contributed by atoms with Crippen LogP contribution in [0.5, 0.6) is 0 Å².